The van der Waals surface area contributed by atoms with Crippen molar-refractivity contribution in [1.82, 2.24) is 10.2 Å². The van der Waals surface area contributed by atoms with Crippen molar-refractivity contribution >= 4 is 0 Å². The quantitative estimate of drug-likeness (QED) is 0.793. The Morgan fingerprint density at radius 1 is 1.06 bits per heavy atom. The summed E-state index contributed by atoms with van der Waals surface area (Å²) in [5.74, 6) is 0. The summed E-state index contributed by atoms with van der Waals surface area (Å²) in [6, 6.07) is 0.794. The van der Waals surface area contributed by atoms with Gasteiger partial charge in [0.15, 0.2) is 0 Å². The average molecular weight is 236 g/mol. The number of nitrogens with zero attached hydrogens (tertiary/aromatic N) is 1. The normalized spacial score (nSPS) is 33.5. The van der Waals surface area contributed by atoms with Gasteiger partial charge in [0, 0.05) is 31.2 Å². The minimum absolute atomic E-state index is 0.515. The van der Waals surface area contributed by atoms with Gasteiger partial charge in [0.2, 0.25) is 0 Å². The van der Waals surface area contributed by atoms with Gasteiger partial charge in [-0.1, -0.05) is 26.2 Å². The average Bonchev–Trinajstić information content (AvgIpc) is 3.10. The lowest BCUT2D eigenvalue weighted by molar-refractivity contribution is -0.0226. The predicted octanol–water partition coefficient (Wildman–Crippen LogP) is 2.78. The van der Waals surface area contributed by atoms with Gasteiger partial charge >= 0.3 is 0 Å². The van der Waals surface area contributed by atoms with Gasteiger partial charge in [-0.15, -0.1) is 0 Å². The summed E-state index contributed by atoms with van der Waals surface area (Å²) >= 11 is 0. The van der Waals surface area contributed by atoms with Crippen molar-refractivity contribution in [2.45, 2.75) is 70.4 Å². The summed E-state index contributed by atoms with van der Waals surface area (Å²) in [6.07, 6.45) is 10.1. The smallest absolute Gasteiger partial charge is 0.0337 e. The minimum Gasteiger partial charge on any atom is -0.314 e. The number of hydrogen-bond donors (Lipinski definition) is 1. The summed E-state index contributed by atoms with van der Waals surface area (Å²) in [7, 11) is 0. The first-order chi connectivity index (χ1) is 8.16. The SMILES string of the molecule is CC(N1CCNCC12CCCCC2)C1(C)CC1. The highest BCUT2D eigenvalue weighted by atomic mass is 15.3. The molecule has 1 N–H and O–H groups in total. The van der Waals surface area contributed by atoms with Crippen LogP contribution in [0.2, 0.25) is 0 Å². The first-order valence-corrected chi connectivity index (χ1v) is 7.64. The summed E-state index contributed by atoms with van der Waals surface area (Å²) in [4.78, 5) is 2.90. The van der Waals surface area contributed by atoms with Crippen molar-refractivity contribution in [3.8, 4) is 0 Å². The Kier molecular flexibility index (Phi) is 2.99. The van der Waals surface area contributed by atoms with Crippen molar-refractivity contribution < 1.29 is 0 Å². The van der Waals surface area contributed by atoms with Gasteiger partial charge in [0.25, 0.3) is 0 Å². The van der Waals surface area contributed by atoms with E-state index in [4.69, 9.17) is 0 Å². The van der Waals surface area contributed by atoms with Crippen LogP contribution in [-0.2, 0) is 0 Å². The molecule has 0 amide bonds. The molecule has 2 saturated carbocycles. The van der Waals surface area contributed by atoms with Crippen LogP contribution in [0, 0.1) is 5.41 Å². The maximum Gasteiger partial charge on any atom is 0.0337 e. The fraction of sp³-hybridized carbons (Fsp3) is 1.00. The standard InChI is InChI=1S/C15H28N2/c1-13(14(2)8-9-14)17-11-10-16-12-15(17)6-4-3-5-7-15/h13,16H,3-12H2,1-2H3. The summed E-state index contributed by atoms with van der Waals surface area (Å²) in [5, 5.41) is 3.66. The van der Waals surface area contributed by atoms with E-state index in [2.05, 4.69) is 24.1 Å². The zero-order valence-corrected chi connectivity index (χ0v) is 11.6. The lowest BCUT2D eigenvalue weighted by Gasteiger charge is -2.53. The van der Waals surface area contributed by atoms with Crippen molar-refractivity contribution in [2.75, 3.05) is 19.6 Å². The Morgan fingerprint density at radius 3 is 2.41 bits per heavy atom. The highest BCUT2D eigenvalue weighted by Gasteiger charge is 2.50. The molecule has 2 heteroatoms. The molecule has 17 heavy (non-hydrogen) atoms. The highest BCUT2D eigenvalue weighted by molar-refractivity contribution is 5.06. The Balaban J connectivity index is 1.79. The third kappa shape index (κ3) is 2.04. The van der Waals surface area contributed by atoms with Crippen LogP contribution in [0.1, 0.15) is 58.8 Å². The van der Waals surface area contributed by atoms with Crippen LogP contribution in [0.25, 0.3) is 0 Å². The molecule has 3 rings (SSSR count). The predicted molar refractivity (Wildman–Crippen MR) is 72.2 cm³/mol. The second kappa shape index (κ2) is 4.24. The van der Waals surface area contributed by atoms with Gasteiger partial charge in [0.05, 0.1) is 0 Å². The van der Waals surface area contributed by atoms with Crippen LogP contribution in [0.5, 0.6) is 0 Å². The molecule has 1 saturated heterocycles. The molecule has 3 aliphatic rings. The molecule has 98 valence electrons. The Labute approximate surface area is 106 Å². The van der Waals surface area contributed by atoms with Crippen molar-refractivity contribution in [2.24, 2.45) is 5.41 Å². The third-order valence-corrected chi connectivity index (χ3v) is 5.89. The van der Waals surface area contributed by atoms with Gasteiger partial charge in [-0.05, 0) is 38.0 Å². The molecule has 3 fully saturated rings. The van der Waals surface area contributed by atoms with Crippen LogP contribution < -0.4 is 5.32 Å². The second-order valence-corrected chi connectivity index (χ2v) is 6.99. The maximum atomic E-state index is 3.66. The first-order valence-electron chi connectivity index (χ1n) is 7.64. The van der Waals surface area contributed by atoms with E-state index >= 15 is 0 Å². The molecule has 2 aliphatic carbocycles. The second-order valence-electron chi connectivity index (χ2n) is 6.99. The first kappa shape index (κ1) is 12.0. The van der Waals surface area contributed by atoms with Gasteiger partial charge in [-0.25, -0.2) is 0 Å². The Morgan fingerprint density at radius 2 is 1.76 bits per heavy atom. The fourth-order valence-corrected chi connectivity index (χ4v) is 4.13. The number of piperazine rings is 1. The molecular weight excluding hydrogens is 208 g/mol. The molecule has 0 radical (unpaired) electrons. The topological polar surface area (TPSA) is 15.3 Å². The zero-order valence-electron chi connectivity index (χ0n) is 11.6. The van der Waals surface area contributed by atoms with Crippen LogP contribution in [0.15, 0.2) is 0 Å². The molecule has 1 spiro atoms. The Hall–Kier alpha value is -0.0800. The van der Waals surface area contributed by atoms with Crippen LogP contribution in [-0.4, -0.2) is 36.1 Å². The molecular formula is C15H28N2. The number of nitrogens with one attached hydrogen (secondary N) is 1. The molecule has 1 heterocycles. The van der Waals surface area contributed by atoms with Gasteiger partial charge in [-0.2, -0.15) is 0 Å². The van der Waals surface area contributed by atoms with E-state index in [-0.39, 0.29) is 0 Å². The van der Waals surface area contributed by atoms with Crippen LogP contribution >= 0.6 is 0 Å². The van der Waals surface area contributed by atoms with E-state index in [9.17, 15) is 0 Å². The Bertz CT molecular complexity index is 268. The molecule has 0 bridgehead atoms. The fourth-order valence-electron chi connectivity index (χ4n) is 4.13. The van der Waals surface area contributed by atoms with E-state index in [0.717, 1.165) is 6.04 Å². The zero-order chi connectivity index (χ0) is 11.9. The monoisotopic (exact) mass is 236 g/mol. The maximum absolute atomic E-state index is 3.66. The van der Waals surface area contributed by atoms with E-state index in [1.165, 1.54) is 64.6 Å². The van der Waals surface area contributed by atoms with Gasteiger partial charge in [0.1, 0.15) is 0 Å². The number of hydrogen-bond acceptors (Lipinski definition) is 2. The lowest BCUT2D eigenvalue weighted by atomic mass is 9.77. The molecule has 1 aliphatic heterocycles. The summed E-state index contributed by atoms with van der Waals surface area (Å²) < 4.78 is 0. The van der Waals surface area contributed by atoms with Crippen molar-refractivity contribution in [1.29, 1.82) is 0 Å². The van der Waals surface area contributed by atoms with Gasteiger partial charge in [-0.3, -0.25) is 4.90 Å². The molecule has 0 aromatic carbocycles. The highest BCUT2D eigenvalue weighted by Crippen LogP contribution is 2.52. The molecule has 1 unspecified atom stereocenters. The minimum atomic E-state index is 0.515. The molecule has 1 atom stereocenters. The van der Waals surface area contributed by atoms with Crippen LogP contribution in [0.4, 0.5) is 0 Å². The largest absolute Gasteiger partial charge is 0.314 e. The van der Waals surface area contributed by atoms with Gasteiger partial charge < -0.3 is 5.32 Å². The van der Waals surface area contributed by atoms with Crippen LogP contribution in [0.3, 0.4) is 0 Å². The van der Waals surface area contributed by atoms with E-state index < -0.39 is 0 Å². The molecule has 0 aromatic rings. The van der Waals surface area contributed by atoms with Crippen molar-refractivity contribution in [3.63, 3.8) is 0 Å². The van der Waals surface area contributed by atoms with E-state index in [1.54, 1.807) is 0 Å². The molecule has 2 nitrogen and oxygen atoms in total. The van der Waals surface area contributed by atoms with Crippen molar-refractivity contribution in [3.05, 3.63) is 0 Å². The molecule has 0 aromatic heterocycles. The third-order valence-electron chi connectivity index (χ3n) is 5.89. The van der Waals surface area contributed by atoms with E-state index in [0.29, 0.717) is 11.0 Å². The number of rotatable bonds is 2. The van der Waals surface area contributed by atoms with E-state index in [1.807, 2.05) is 0 Å². The lowest BCUT2D eigenvalue weighted by Crippen LogP contribution is -2.65. The summed E-state index contributed by atoms with van der Waals surface area (Å²) in [6.45, 7) is 8.71. The summed E-state index contributed by atoms with van der Waals surface area (Å²) in [5.41, 5.74) is 1.16.